The van der Waals surface area contributed by atoms with E-state index in [2.05, 4.69) is 4.74 Å². The van der Waals surface area contributed by atoms with Crippen molar-refractivity contribution in [2.75, 3.05) is 13.7 Å². The Morgan fingerprint density at radius 1 is 1.08 bits per heavy atom. The first-order valence-corrected chi connectivity index (χ1v) is 8.74. The molecule has 6 nitrogen and oxygen atoms in total. The SMILES string of the molecule is COC(=O)C1CCC(C(=O)OCCCC(F)(F)C(F)(F)S(=O)O)CC1. The first-order chi connectivity index (χ1) is 11.5. The van der Waals surface area contributed by atoms with Gasteiger partial charge in [0.1, 0.15) is 0 Å². The number of halogens is 4. The highest BCUT2D eigenvalue weighted by Crippen LogP contribution is 2.39. The van der Waals surface area contributed by atoms with Crippen molar-refractivity contribution in [3.63, 3.8) is 0 Å². The molecule has 0 amide bonds. The molecule has 0 bridgehead atoms. The summed E-state index contributed by atoms with van der Waals surface area (Å²) in [4.78, 5) is 23.2. The normalized spacial score (nSPS) is 23.0. The number of alkyl halides is 4. The van der Waals surface area contributed by atoms with E-state index >= 15 is 0 Å². The summed E-state index contributed by atoms with van der Waals surface area (Å²) in [5.74, 6) is -6.43. The molecule has 146 valence electrons. The van der Waals surface area contributed by atoms with Gasteiger partial charge in [0.2, 0.25) is 11.1 Å². The summed E-state index contributed by atoms with van der Waals surface area (Å²) in [6.07, 6.45) is -0.317. The lowest BCUT2D eigenvalue weighted by Gasteiger charge is -2.26. The lowest BCUT2D eigenvalue weighted by molar-refractivity contribution is -0.166. The second kappa shape index (κ2) is 8.93. The third-order valence-corrected chi connectivity index (χ3v) is 4.86. The maximum atomic E-state index is 13.2. The fourth-order valence-corrected chi connectivity index (χ4v) is 2.95. The smallest absolute Gasteiger partial charge is 0.406 e. The summed E-state index contributed by atoms with van der Waals surface area (Å²) in [5.41, 5.74) is 0. The monoisotopic (exact) mass is 392 g/mol. The largest absolute Gasteiger partial charge is 0.469 e. The predicted octanol–water partition coefficient (Wildman–Crippen LogP) is 2.74. The van der Waals surface area contributed by atoms with Crippen molar-refractivity contribution in [1.82, 2.24) is 0 Å². The Morgan fingerprint density at radius 2 is 1.56 bits per heavy atom. The van der Waals surface area contributed by atoms with E-state index in [1.807, 2.05) is 0 Å². The molecular weight excluding hydrogens is 372 g/mol. The summed E-state index contributed by atoms with van der Waals surface area (Å²) in [6.45, 7) is -0.500. The van der Waals surface area contributed by atoms with Crippen molar-refractivity contribution in [1.29, 1.82) is 0 Å². The van der Waals surface area contributed by atoms with E-state index in [0.29, 0.717) is 25.7 Å². The first-order valence-electron chi connectivity index (χ1n) is 7.64. The summed E-state index contributed by atoms with van der Waals surface area (Å²) >= 11 is -4.00. The van der Waals surface area contributed by atoms with Crippen LogP contribution in [-0.2, 0) is 30.1 Å². The number of hydrogen-bond acceptors (Lipinski definition) is 5. The summed E-state index contributed by atoms with van der Waals surface area (Å²) in [6, 6.07) is 0. The zero-order valence-corrected chi connectivity index (χ0v) is 14.3. The van der Waals surface area contributed by atoms with Crippen LogP contribution in [0.3, 0.4) is 0 Å². The number of hydrogen-bond donors (Lipinski definition) is 1. The van der Waals surface area contributed by atoms with Crippen molar-refractivity contribution in [2.45, 2.75) is 49.7 Å². The molecule has 1 rings (SSSR count). The van der Waals surface area contributed by atoms with Crippen molar-refractivity contribution in [3.8, 4) is 0 Å². The minimum Gasteiger partial charge on any atom is -0.469 e. The van der Waals surface area contributed by atoms with Crippen molar-refractivity contribution >= 4 is 23.0 Å². The molecule has 11 heteroatoms. The van der Waals surface area contributed by atoms with Gasteiger partial charge >= 0.3 is 23.1 Å². The van der Waals surface area contributed by atoms with Gasteiger partial charge in [0.05, 0.1) is 25.6 Å². The van der Waals surface area contributed by atoms with E-state index in [9.17, 15) is 31.4 Å². The third kappa shape index (κ3) is 5.63. The molecule has 0 aromatic carbocycles. The molecule has 1 saturated carbocycles. The molecule has 1 aliphatic carbocycles. The van der Waals surface area contributed by atoms with Gasteiger partial charge in [-0.15, -0.1) is 0 Å². The van der Waals surface area contributed by atoms with Gasteiger partial charge in [0, 0.05) is 6.42 Å². The highest BCUT2D eigenvalue weighted by molar-refractivity contribution is 7.80. The molecule has 1 unspecified atom stereocenters. The summed E-state index contributed by atoms with van der Waals surface area (Å²) in [7, 11) is 1.27. The highest BCUT2D eigenvalue weighted by Gasteiger charge is 2.60. The minimum absolute atomic E-state index is 0.283. The average Bonchev–Trinajstić information content (AvgIpc) is 2.57. The average molecular weight is 392 g/mol. The van der Waals surface area contributed by atoms with Crippen LogP contribution in [0.25, 0.3) is 0 Å². The lowest BCUT2D eigenvalue weighted by atomic mass is 9.82. The second-order valence-electron chi connectivity index (χ2n) is 5.81. The zero-order chi connectivity index (χ0) is 19.3. The predicted molar refractivity (Wildman–Crippen MR) is 78.3 cm³/mol. The summed E-state index contributed by atoms with van der Waals surface area (Å²) in [5, 5.41) is -5.07. The van der Waals surface area contributed by atoms with Crippen LogP contribution in [0.15, 0.2) is 0 Å². The Morgan fingerprint density at radius 3 is 2.00 bits per heavy atom. The first kappa shape index (κ1) is 21.8. The third-order valence-electron chi connectivity index (χ3n) is 4.12. The Labute approximate surface area is 144 Å². The molecule has 0 radical (unpaired) electrons. The van der Waals surface area contributed by atoms with E-state index in [1.54, 1.807) is 0 Å². The fraction of sp³-hybridized carbons (Fsp3) is 0.857. The zero-order valence-electron chi connectivity index (χ0n) is 13.5. The Balaban J connectivity index is 2.34. The van der Waals surface area contributed by atoms with Gasteiger partial charge in [0.25, 0.3) is 0 Å². The number of carbonyl (C=O) groups excluding carboxylic acids is 2. The van der Waals surface area contributed by atoms with Gasteiger partial charge in [-0.1, -0.05) is 0 Å². The molecule has 1 atom stereocenters. The number of ether oxygens (including phenoxy) is 2. The van der Waals surface area contributed by atoms with Crippen LogP contribution in [0, 0.1) is 11.8 Å². The van der Waals surface area contributed by atoms with Crippen molar-refractivity contribution in [3.05, 3.63) is 0 Å². The van der Waals surface area contributed by atoms with Gasteiger partial charge in [-0.3, -0.25) is 9.59 Å². The van der Waals surface area contributed by atoms with Gasteiger partial charge in [-0.05, 0) is 32.1 Å². The molecule has 0 aliphatic heterocycles. The molecule has 1 aliphatic rings. The molecule has 0 aromatic rings. The van der Waals surface area contributed by atoms with E-state index in [4.69, 9.17) is 9.29 Å². The molecule has 1 fully saturated rings. The Kier molecular flexibility index (Phi) is 7.79. The van der Waals surface area contributed by atoms with Crippen LogP contribution in [0.1, 0.15) is 38.5 Å². The maximum absolute atomic E-state index is 13.2. The van der Waals surface area contributed by atoms with Crippen molar-refractivity contribution in [2.24, 2.45) is 11.8 Å². The number of methoxy groups -OCH3 is 1. The number of carbonyl (C=O) groups is 2. The lowest BCUT2D eigenvalue weighted by Crippen LogP contribution is -2.44. The van der Waals surface area contributed by atoms with Crippen LogP contribution in [0.5, 0.6) is 0 Å². The van der Waals surface area contributed by atoms with Gasteiger partial charge in [-0.25, -0.2) is 4.21 Å². The maximum Gasteiger partial charge on any atom is 0.406 e. The van der Waals surface area contributed by atoms with Crippen LogP contribution in [0.2, 0.25) is 0 Å². The van der Waals surface area contributed by atoms with E-state index < -0.39 is 53.6 Å². The second-order valence-corrected chi connectivity index (χ2v) is 6.82. The fourth-order valence-electron chi connectivity index (χ4n) is 2.59. The van der Waals surface area contributed by atoms with E-state index in [-0.39, 0.29) is 11.9 Å². The standard InChI is InChI=1S/C14H20F4O6S/c1-23-11(19)9-3-5-10(6-4-9)12(20)24-8-2-7-13(15,16)14(17,18)25(21)22/h9-10H,2-8H2,1H3,(H,21,22). The molecule has 0 spiro atoms. The molecular formula is C14H20F4O6S. The van der Waals surface area contributed by atoms with Gasteiger partial charge in [-0.2, -0.15) is 17.6 Å². The Bertz CT molecular complexity index is 506. The quantitative estimate of drug-likeness (QED) is 0.296. The van der Waals surface area contributed by atoms with Crippen LogP contribution < -0.4 is 0 Å². The number of esters is 2. The van der Waals surface area contributed by atoms with Crippen LogP contribution in [0.4, 0.5) is 17.6 Å². The molecule has 0 aromatic heterocycles. The van der Waals surface area contributed by atoms with Gasteiger partial charge in [0.15, 0.2) is 0 Å². The van der Waals surface area contributed by atoms with Crippen LogP contribution >= 0.6 is 0 Å². The van der Waals surface area contributed by atoms with E-state index in [1.165, 1.54) is 7.11 Å². The number of rotatable bonds is 8. The highest BCUT2D eigenvalue weighted by atomic mass is 32.2. The summed E-state index contributed by atoms with van der Waals surface area (Å²) < 4.78 is 80.1. The Hall–Kier alpha value is -1.23. The molecule has 0 heterocycles. The molecule has 0 saturated heterocycles. The van der Waals surface area contributed by atoms with Crippen molar-refractivity contribution < 1.29 is 45.4 Å². The molecule has 1 N–H and O–H groups in total. The van der Waals surface area contributed by atoms with Crippen LogP contribution in [-0.4, -0.2) is 45.6 Å². The molecule has 25 heavy (non-hydrogen) atoms. The topological polar surface area (TPSA) is 89.9 Å². The van der Waals surface area contributed by atoms with E-state index in [0.717, 1.165) is 0 Å². The van der Waals surface area contributed by atoms with Gasteiger partial charge < -0.3 is 14.0 Å². The minimum atomic E-state index is -5.07.